The van der Waals surface area contributed by atoms with Gasteiger partial charge in [-0.25, -0.2) is 9.18 Å². The van der Waals surface area contributed by atoms with Gasteiger partial charge in [0, 0.05) is 11.6 Å². The van der Waals surface area contributed by atoms with E-state index in [-0.39, 0.29) is 6.10 Å². The Labute approximate surface area is 124 Å². The van der Waals surface area contributed by atoms with Crippen molar-refractivity contribution in [1.29, 1.82) is 0 Å². The van der Waals surface area contributed by atoms with Gasteiger partial charge in [0.2, 0.25) is 6.08 Å². The van der Waals surface area contributed by atoms with Crippen LogP contribution in [-0.4, -0.2) is 19.3 Å². The highest BCUT2D eigenvalue weighted by molar-refractivity contribution is 5.48. The lowest BCUT2D eigenvalue weighted by Gasteiger charge is -2.25. The van der Waals surface area contributed by atoms with Gasteiger partial charge in [-0.2, -0.15) is 4.99 Å². The molecule has 0 aliphatic heterocycles. The van der Waals surface area contributed by atoms with Gasteiger partial charge in [-0.3, -0.25) is 0 Å². The fourth-order valence-electron chi connectivity index (χ4n) is 2.89. The predicted molar refractivity (Wildman–Crippen MR) is 77.0 cm³/mol. The van der Waals surface area contributed by atoms with E-state index in [1.165, 1.54) is 13.2 Å². The number of methoxy groups -OCH3 is 1. The number of benzene rings is 1. The molecule has 0 atom stereocenters. The Balaban J connectivity index is 2.54. The van der Waals surface area contributed by atoms with Gasteiger partial charge in [-0.05, 0) is 32.8 Å². The maximum Gasteiger partial charge on any atom is 0.235 e. The second kappa shape index (κ2) is 6.27. The third kappa shape index (κ3) is 3.08. The van der Waals surface area contributed by atoms with E-state index in [1.807, 2.05) is 13.8 Å². The van der Waals surface area contributed by atoms with Crippen LogP contribution in [0.4, 0.5) is 4.39 Å². The summed E-state index contributed by atoms with van der Waals surface area (Å²) in [5.74, 6) is 0.383. The highest BCUT2D eigenvalue weighted by atomic mass is 19.1. The summed E-state index contributed by atoms with van der Waals surface area (Å²) in [4.78, 5) is 14.7. The third-order valence-electron chi connectivity index (χ3n) is 3.81. The molecule has 0 aromatic heterocycles. The van der Waals surface area contributed by atoms with Gasteiger partial charge in [0.1, 0.15) is 11.4 Å². The molecule has 21 heavy (non-hydrogen) atoms. The highest BCUT2D eigenvalue weighted by Crippen LogP contribution is 2.45. The Kier molecular flexibility index (Phi) is 4.63. The normalized spacial score (nSPS) is 16.6. The van der Waals surface area contributed by atoms with E-state index in [0.717, 1.165) is 12.8 Å². The number of aliphatic imine (C=N–C) groups is 1. The maximum absolute atomic E-state index is 14.4. The summed E-state index contributed by atoms with van der Waals surface area (Å²) in [6.45, 7) is 3.77. The van der Waals surface area contributed by atoms with Crippen molar-refractivity contribution in [3.8, 4) is 11.5 Å². The molecule has 1 aliphatic carbocycles. The first kappa shape index (κ1) is 15.5. The van der Waals surface area contributed by atoms with Gasteiger partial charge >= 0.3 is 0 Å². The van der Waals surface area contributed by atoms with Crippen molar-refractivity contribution >= 4 is 6.08 Å². The largest absolute Gasteiger partial charge is 0.493 e. The Morgan fingerprint density at radius 2 is 1.95 bits per heavy atom. The first-order chi connectivity index (χ1) is 10.0. The average Bonchev–Trinajstić information content (AvgIpc) is 2.89. The molecule has 0 N–H and O–H groups in total. The van der Waals surface area contributed by atoms with Crippen LogP contribution in [0.1, 0.15) is 45.1 Å². The average molecular weight is 293 g/mol. The monoisotopic (exact) mass is 293 g/mol. The number of isocyanates is 1. The van der Waals surface area contributed by atoms with Crippen molar-refractivity contribution in [3.05, 3.63) is 23.5 Å². The Morgan fingerprint density at radius 3 is 2.48 bits per heavy atom. The first-order valence-corrected chi connectivity index (χ1v) is 7.16. The van der Waals surface area contributed by atoms with Gasteiger partial charge < -0.3 is 9.47 Å². The quantitative estimate of drug-likeness (QED) is 0.614. The first-order valence-electron chi connectivity index (χ1n) is 7.16. The number of rotatable bonds is 5. The van der Waals surface area contributed by atoms with Crippen molar-refractivity contribution in [2.24, 2.45) is 4.99 Å². The van der Waals surface area contributed by atoms with E-state index in [0.29, 0.717) is 29.9 Å². The second-order valence-corrected chi connectivity index (χ2v) is 5.59. The van der Waals surface area contributed by atoms with Crippen molar-refractivity contribution in [1.82, 2.24) is 0 Å². The maximum atomic E-state index is 14.4. The summed E-state index contributed by atoms with van der Waals surface area (Å²) in [6, 6.07) is 2.91. The zero-order valence-corrected chi connectivity index (χ0v) is 12.6. The smallest absolute Gasteiger partial charge is 0.235 e. The number of carbonyl (C=O) groups excluding carboxylic acids is 1. The summed E-state index contributed by atoms with van der Waals surface area (Å²) >= 11 is 0. The van der Waals surface area contributed by atoms with Gasteiger partial charge in [0.15, 0.2) is 11.5 Å². The van der Waals surface area contributed by atoms with E-state index in [2.05, 4.69) is 4.99 Å². The lowest BCUT2D eigenvalue weighted by Crippen LogP contribution is -2.21. The lowest BCUT2D eigenvalue weighted by atomic mass is 9.88. The van der Waals surface area contributed by atoms with Gasteiger partial charge in [0.05, 0.1) is 13.2 Å². The third-order valence-corrected chi connectivity index (χ3v) is 3.81. The van der Waals surface area contributed by atoms with E-state index < -0.39 is 11.4 Å². The van der Waals surface area contributed by atoms with Crippen molar-refractivity contribution in [2.75, 3.05) is 7.11 Å². The van der Waals surface area contributed by atoms with E-state index in [1.54, 1.807) is 12.1 Å². The fourth-order valence-corrected chi connectivity index (χ4v) is 2.89. The van der Waals surface area contributed by atoms with Crippen LogP contribution >= 0.6 is 0 Å². The van der Waals surface area contributed by atoms with Crippen LogP contribution in [0.2, 0.25) is 0 Å². The topological polar surface area (TPSA) is 47.9 Å². The highest BCUT2D eigenvalue weighted by Gasteiger charge is 2.38. The molecule has 0 heterocycles. The minimum absolute atomic E-state index is 0.0636. The van der Waals surface area contributed by atoms with Gasteiger partial charge in [-0.1, -0.05) is 12.8 Å². The molecule has 4 nitrogen and oxygen atoms in total. The second-order valence-electron chi connectivity index (χ2n) is 5.59. The number of nitrogens with zero attached hydrogens (tertiary/aromatic N) is 1. The SMILES string of the molecule is COc1cc(F)c(C2(N=C=O)CCCC2)cc1OC(C)C. The molecule has 0 saturated heterocycles. The molecule has 0 spiro atoms. The molecular weight excluding hydrogens is 273 g/mol. The molecule has 0 radical (unpaired) electrons. The molecule has 1 aromatic rings. The summed E-state index contributed by atoms with van der Waals surface area (Å²) in [5, 5.41) is 0. The summed E-state index contributed by atoms with van der Waals surface area (Å²) in [6.07, 6.45) is 4.66. The number of ether oxygens (including phenoxy) is 2. The van der Waals surface area contributed by atoms with Gasteiger partial charge in [0.25, 0.3) is 0 Å². The molecule has 0 amide bonds. The van der Waals surface area contributed by atoms with Crippen LogP contribution in [0, 0.1) is 5.82 Å². The molecular formula is C16H20FNO3. The molecule has 114 valence electrons. The molecule has 1 aliphatic rings. The standard InChI is InChI=1S/C16H20FNO3/c1-11(2)21-15-8-12(13(17)9-14(15)20-3)16(18-10-19)6-4-5-7-16/h8-9,11H,4-7H2,1-3H3. The summed E-state index contributed by atoms with van der Waals surface area (Å²) < 4.78 is 25.3. The Bertz CT molecular complexity index is 559. The van der Waals surface area contributed by atoms with Crippen LogP contribution in [0.25, 0.3) is 0 Å². The minimum Gasteiger partial charge on any atom is -0.493 e. The zero-order valence-electron chi connectivity index (χ0n) is 12.6. The van der Waals surface area contributed by atoms with Crippen LogP contribution in [0.5, 0.6) is 11.5 Å². The molecule has 2 rings (SSSR count). The van der Waals surface area contributed by atoms with E-state index in [9.17, 15) is 9.18 Å². The Hall–Kier alpha value is -1.87. The Morgan fingerprint density at radius 1 is 1.29 bits per heavy atom. The van der Waals surface area contributed by atoms with Crippen LogP contribution in [0.3, 0.4) is 0 Å². The number of hydrogen-bond donors (Lipinski definition) is 0. The van der Waals surface area contributed by atoms with E-state index >= 15 is 0 Å². The molecule has 0 bridgehead atoms. The molecule has 0 unspecified atom stereocenters. The molecule has 1 saturated carbocycles. The summed E-state index contributed by atoms with van der Waals surface area (Å²) in [5.41, 5.74) is -0.424. The molecule has 5 heteroatoms. The van der Waals surface area contributed by atoms with Crippen molar-refractivity contribution in [2.45, 2.75) is 51.2 Å². The fraction of sp³-hybridized carbons (Fsp3) is 0.562. The van der Waals surface area contributed by atoms with Crippen molar-refractivity contribution < 1.29 is 18.7 Å². The van der Waals surface area contributed by atoms with Gasteiger partial charge in [-0.15, -0.1) is 0 Å². The van der Waals surface area contributed by atoms with Crippen LogP contribution in [0.15, 0.2) is 17.1 Å². The van der Waals surface area contributed by atoms with Crippen molar-refractivity contribution in [3.63, 3.8) is 0 Å². The predicted octanol–water partition coefficient (Wildman–Crippen LogP) is 3.73. The van der Waals surface area contributed by atoms with Crippen LogP contribution < -0.4 is 9.47 Å². The number of hydrogen-bond acceptors (Lipinski definition) is 4. The molecule has 1 aromatic carbocycles. The summed E-state index contributed by atoms with van der Waals surface area (Å²) in [7, 11) is 1.47. The van der Waals surface area contributed by atoms with E-state index in [4.69, 9.17) is 9.47 Å². The minimum atomic E-state index is -0.812. The zero-order chi connectivity index (χ0) is 15.5. The lowest BCUT2D eigenvalue weighted by molar-refractivity contribution is 0.228. The van der Waals surface area contributed by atoms with Crippen LogP contribution in [-0.2, 0) is 10.3 Å². The molecule has 1 fully saturated rings. The number of halogens is 1.